The van der Waals surface area contributed by atoms with Crippen molar-refractivity contribution in [3.8, 4) is 0 Å². The van der Waals surface area contributed by atoms with Gasteiger partial charge < -0.3 is 9.84 Å². The summed E-state index contributed by atoms with van der Waals surface area (Å²) in [5.74, 6) is -1.57. The van der Waals surface area contributed by atoms with Crippen LogP contribution in [0.25, 0.3) is 0 Å². The van der Waals surface area contributed by atoms with Crippen LogP contribution in [-0.2, 0) is 4.79 Å². The average molecular weight is 295 g/mol. The van der Waals surface area contributed by atoms with Crippen LogP contribution >= 0.6 is 0 Å². The maximum atomic E-state index is 13.6. The van der Waals surface area contributed by atoms with Gasteiger partial charge in [-0.05, 0) is 24.5 Å². The summed E-state index contributed by atoms with van der Waals surface area (Å²) in [5, 5.41) is 6.32. The Morgan fingerprint density at radius 3 is 2.76 bits per heavy atom. The number of carbonyl (C=O) groups is 1. The van der Waals surface area contributed by atoms with E-state index in [1.807, 2.05) is 0 Å². The van der Waals surface area contributed by atoms with Crippen LogP contribution < -0.4 is 5.32 Å². The summed E-state index contributed by atoms with van der Waals surface area (Å²) in [7, 11) is 0. The molecule has 2 aromatic rings. The van der Waals surface area contributed by atoms with E-state index in [2.05, 4.69) is 20.0 Å². The molecule has 2 atom stereocenters. The number of amides is 1. The summed E-state index contributed by atoms with van der Waals surface area (Å²) in [4.78, 5) is 15.8. The average Bonchev–Trinajstić information content (AvgIpc) is 2.91. The molecule has 0 aliphatic heterocycles. The minimum absolute atomic E-state index is 0.0742. The van der Waals surface area contributed by atoms with Gasteiger partial charge in [-0.2, -0.15) is 4.98 Å². The van der Waals surface area contributed by atoms with Gasteiger partial charge in [0.15, 0.2) is 5.82 Å². The zero-order chi connectivity index (χ0) is 15.4. The molecule has 1 N–H and O–H groups in total. The topological polar surface area (TPSA) is 68.0 Å². The summed E-state index contributed by atoms with van der Waals surface area (Å²) in [6.45, 7) is 3.42. The monoisotopic (exact) mass is 295 g/mol. The van der Waals surface area contributed by atoms with E-state index >= 15 is 0 Å². The highest BCUT2D eigenvalue weighted by molar-refractivity contribution is 5.77. The second-order valence-electron chi connectivity index (χ2n) is 4.85. The van der Waals surface area contributed by atoms with E-state index in [0.29, 0.717) is 11.4 Å². The first kappa shape index (κ1) is 15.1. The number of hydrogen-bond acceptors (Lipinski definition) is 4. The Morgan fingerprint density at radius 1 is 1.38 bits per heavy atom. The van der Waals surface area contributed by atoms with Gasteiger partial charge in [0.05, 0.1) is 6.04 Å². The number of carbonyl (C=O) groups excluding carboxylic acids is 1. The summed E-state index contributed by atoms with van der Waals surface area (Å²) in [6.07, 6.45) is 1.25. The minimum atomic E-state index is -0.651. The van der Waals surface area contributed by atoms with Crippen LogP contribution in [0.5, 0.6) is 0 Å². The third kappa shape index (κ3) is 3.84. The molecule has 5 nitrogen and oxygen atoms in total. The zero-order valence-corrected chi connectivity index (χ0v) is 11.6. The molecular weight excluding hydrogens is 280 g/mol. The molecule has 1 amide bonds. The number of nitrogens with zero attached hydrogens (tertiary/aromatic N) is 2. The molecule has 0 saturated carbocycles. The Hall–Kier alpha value is -2.31. The maximum absolute atomic E-state index is 13.6. The van der Waals surface area contributed by atoms with Crippen molar-refractivity contribution in [2.75, 3.05) is 0 Å². The Morgan fingerprint density at radius 2 is 2.14 bits per heavy atom. The standard InChI is InChI=1S/C14H15F2N3O2/c1-8(11-4-3-10(15)6-12(11)16)5-13(20)18-9(2)14-17-7-21-19-14/h3-4,6-9H,5H2,1-2H3,(H,18,20)/t8-,9-/m1/s1. The minimum Gasteiger partial charge on any atom is -0.346 e. The summed E-state index contributed by atoms with van der Waals surface area (Å²) >= 11 is 0. The molecule has 2 rings (SSSR count). The SMILES string of the molecule is C[C@H](CC(=O)N[C@H](C)c1ncon1)c1ccc(F)cc1F. The molecule has 0 aliphatic rings. The van der Waals surface area contributed by atoms with Crippen molar-refractivity contribution in [3.05, 3.63) is 47.6 Å². The predicted molar refractivity (Wildman–Crippen MR) is 70.2 cm³/mol. The molecule has 1 aromatic heterocycles. The van der Waals surface area contributed by atoms with Gasteiger partial charge in [0.2, 0.25) is 12.3 Å². The van der Waals surface area contributed by atoms with Gasteiger partial charge in [-0.15, -0.1) is 0 Å². The van der Waals surface area contributed by atoms with Crippen molar-refractivity contribution in [2.45, 2.75) is 32.2 Å². The lowest BCUT2D eigenvalue weighted by Gasteiger charge is -2.15. The molecule has 112 valence electrons. The first-order valence-corrected chi connectivity index (χ1v) is 6.48. The first-order valence-electron chi connectivity index (χ1n) is 6.48. The maximum Gasteiger partial charge on any atom is 0.221 e. The highest BCUT2D eigenvalue weighted by Crippen LogP contribution is 2.23. The quantitative estimate of drug-likeness (QED) is 0.921. The lowest BCUT2D eigenvalue weighted by Crippen LogP contribution is -2.28. The van der Waals surface area contributed by atoms with Crippen LogP contribution in [0.4, 0.5) is 8.78 Å². The Labute approximate surface area is 120 Å². The first-order chi connectivity index (χ1) is 9.97. The van der Waals surface area contributed by atoms with E-state index in [1.54, 1.807) is 13.8 Å². The molecule has 0 saturated heterocycles. The molecule has 1 heterocycles. The van der Waals surface area contributed by atoms with Crippen molar-refractivity contribution in [1.29, 1.82) is 0 Å². The van der Waals surface area contributed by atoms with Crippen LogP contribution in [0.3, 0.4) is 0 Å². The van der Waals surface area contributed by atoms with Gasteiger partial charge in [0.1, 0.15) is 11.6 Å². The molecule has 21 heavy (non-hydrogen) atoms. The number of aromatic nitrogens is 2. The Balaban J connectivity index is 1.96. The smallest absolute Gasteiger partial charge is 0.221 e. The van der Waals surface area contributed by atoms with Crippen molar-refractivity contribution in [2.24, 2.45) is 0 Å². The van der Waals surface area contributed by atoms with E-state index in [-0.39, 0.29) is 18.2 Å². The van der Waals surface area contributed by atoms with Crippen molar-refractivity contribution in [1.82, 2.24) is 15.5 Å². The van der Waals surface area contributed by atoms with Gasteiger partial charge in [0.25, 0.3) is 0 Å². The lowest BCUT2D eigenvalue weighted by atomic mass is 9.96. The van der Waals surface area contributed by atoms with Gasteiger partial charge in [0, 0.05) is 12.5 Å². The van der Waals surface area contributed by atoms with Crippen LogP contribution in [0.2, 0.25) is 0 Å². The Bertz CT molecular complexity index is 617. The number of rotatable bonds is 5. The summed E-state index contributed by atoms with van der Waals surface area (Å²) < 4.78 is 31.1. The molecule has 0 bridgehead atoms. The third-order valence-electron chi connectivity index (χ3n) is 3.13. The fourth-order valence-electron chi connectivity index (χ4n) is 2.02. The highest BCUT2D eigenvalue weighted by Gasteiger charge is 2.18. The molecule has 7 heteroatoms. The zero-order valence-electron chi connectivity index (χ0n) is 11.6. The number of hydrogen-bond donors (Lipinski definition) is 1. The van der Waals surface area contributed by atoms with Gasteiger partial charge in [-0.25, -0.2) is 8.78 Å². The van der Waals surface area contributed by atoms with E-state index < -0.39 is 17.7 Å². The largest absolute Gasteiger partial charge is 0.346 e. The fraction of sp³-hybridized carbons (Fsp3) is 0.357. The molecule has 0 fully saturated rings. The summed E-state index contributed by atoms with van der Waals surface area (Å²) in [6, 6.07) is 2.94. The fourth-order valence-corrected chi connectivity index (χ4v) is 2.02. The number of halogens is 2. The van der Waals surface area contributed by atoms with Crippen LogP contribution in [0.1, 0.15) is 43.6 Å². The summed E-state index contributed by atoms with van der Waals surface area (Å²) in [5.41, 5.74) is 0.304. The highest BCUT2D eigenvalue weighted by atomic mass is 19.1. The van der Waals surface area contributed by atoms with Crippen LogP contribution in [-0.4, -0.2) is 16.0 Å². The van der Waals surface area contributed by atoms with Crippen LogP contribution in [0, 0.1) is 11.6 Å². The molecule has 0 aliphatic carbocycles. The third-order valence-corrected chi connectivity index (χ3v) is 3.13. The van der Waals surface area contributed by atoms with Crippen molar-refractivity contribution in [3.63, 3.8) is 0 Å². The predicted octanol–water partition coefficient (Wildman–Crippen LogP) is 2.72. The molecular formula is C14H15F2N3O2. The van der Waals surface area contributed by atoms with E-state index in [0.717, 1.165) is 6.07 Å². The van der Waals surface area contributed by atoms with Gasteiger partial charge in [-0.1, -0.05) is 18.1 Å². The molecule has 0 radical (unpaired) electrons. The van der Waals surface area contributed by atoms with Crippen molar-refractivity contribution >= 4 is 5.91 Å². The number of nitrogens with one attached hydrogen (secondary N) is 1. The van der Waals surface area contributed by atoms with Crippen molar-refractivity contribution < 1.29 is 18.1 Å². The van der Waals surface area contributed by atoms with E-state index in [4.69, 9.17) is 0 Å². The van der Waals surface area contributed by atoms with Gasteiger partial charge >= 0.3 is 0 Å². The van der Waals surface area contributed by atoms with E-state index in [9.17, 15) is 13.6 Å². The molecule has 0 unspecified atom stereocenters. The second kappa shape index (κ2) is 6.43. The van der Waals surface area contributed by atoms with E-state index in [1.165, 1.54) is 18.5 Å². The number of benzene rings is 1. The normalized spacial score (nSPS) is 13.7. The second-order valence-corrected chi connectivity index (χ2v) is 4.85. The Kier molecular flexibility index (Phi) is 4.62. The van der Waals surface area contributed by atoms with Gasteiger partial charge in [-0.3, -0.25) is 4.79 Å². The van der Waals surface area contributed by atoms with Crippen LogP contribution in [0.15, 0.2) is 29.1 Å². The molecule has 0 spiro atoms. The molecule has 1 aromatic carbocycles. The lowest BCUT2D eigenvalue weighted by molar-refractivity contribution is -0.122.